The third-order valence-corrected chi connectivity index (χ3v) is 4.07. The van der Waals surface area contributed by atoms with Crippen LogP contribution in [0.5, 0.6) is 0 Å². The number of rotatable bonds is 6. The number of hydrogen-bond acceptors (Lipinski definition) is 3. The third-order valence-electron chi connectivity index (χ3n) is 4.07. The maximum absolute atomic E-state index is 12.3. The summed E-state index contributed by atoms with van der Waals surface area (Å²) in [5.74, 6) is 1.19. The monoisotopic (exact) mass is 283 g/mol. The van der Waals surface area contributed by atoms with Gasteiger partial charge in [0.25, 0.3) is 0 Å². The number of nitrogens with two attached hydrogens (primary N) is 1. The quantitative estimate of drug-likeness (QED) is 0.763. The summed E-state index contributed by atoms with van der Waals surface area (Å²) in [4.78, 5) is 25.7. The number of carbonyl (C=O) groups excluding carboxylic acids is 2. The molecule has 1 saturated heterocycles. The van der Waals surface area contributed by atoms with Gasteiger partial charge in [0.05, 0.1) is 0 Å². The van der Waals surface area contributed by atoms with Crippen molar-refractivity contribution in [1.29, 1.82) is 0 Å². The Morgan fingerprint density at radius 2 is 1.90 bits per heavy atom. The zero-order chi connectivity index (χ0) is 15.1. The van der Waals surface area contributed by atoms with E-state index in [0.29, 0.717) is 32.0 Å². The fourth-order valence-electron chi connectivity index (χ4n) is 2.90. The van der Waals surface area contributed by atoms with E-state index < -0.39 is 0 Å². The van der Waals surface area contributed by atoms with Crippen LogP contribution in [0.4, 0.5) is 0 Å². The van der Waals surface area contributed by atoms with Crippen LogP contribution >= 0.6 is 0 Å². The molecular weight excluding hydrogens is 254 g/mol. The molecule has 116 valence electrons. The lowest BCUT2D eigenvalue weighted by atomic mass is 9.92. The molecule has 5 nitrogen and oxygen atoms in total. The van der Waals surface area contributed by atoms with Gasteiger partial charge in [-0.05, 0) is 37.6 Å². The lowest BCUT2D eigenvalue weighted by molar-refractivity contribution is -0.136. The molecule has 3 N–H and O–H groups in total. The van der Waals surface area contributed by atoms with Crippen molar-refractivity contribution in [3.8, 4) is 0 Å². The first-order chi connectivity index (χ1) is 9.47. The first-order valence-corrected chi connectivity index (χ1v) is 7.67. The summed E-state index contributed by atoms with van der Waals surface area (Å²) in [7, 11) is 1.66. The number of amides is 2. The van der Waals surface area contributed by atoms with Crippen molar-refractivity contribution in [3.05, 3.63) is 0 Å². The highest BCUT2D eigenvalue weighted by atomic mass is 16.2. The van der Waals surface area contributed by atoms with Crippen molar-refractivity contribution in [1.82, 2.24) is 10.2 Å². The predicted octanol–water partition coefficient (Wildman–Crippen LogP) is 0.982. The minimum absolute atomic E-state index is 0.0602. The second kappa shape index (κ2) is 8.25. The smallest absolute Gasteiger partial charge is 0.222 e. The maximum Gasteiger partial charge on any atom is 0.222 e. The molecule has 1 aliphatic heterocycles. The van der Waals surface area contributed by atoms with E-state index in [1.165, 1.54) is 0 Å². The maximum atomic E-state index is 12.3. The summed E-state index contributed by atoms with van der Waals surface area (Å²) >= 11 is 0. The van der Waals surface area contributed by atoms with Gasteiger partial charge in [0, 0.05) is 32.5 Å². The summed E-state index contributed by atoms with van der Waals surface area (Å²) in [6.45, 7) is 6.26. The Bertz CT molecular complexity index is 323. The lowest BCUT2D eigenvalue weighted by Gasteiger charge is -2.32. The average molecular weight is 283 g/mol. The number of likely N-dealkylation sites (tertiary alicyclic amines) is 1. The van der Waals surface area contributed by atoms with Crippen molar-refractivity contribution in [2.75, 3.05) is 26.7 Å². The minimum atomic E-state index is 0.0602. The second-order valence-electron chi connectivity index (χ2n) is 6.20. The molecule has 1 atom stereocenters. The SMILES string of the molecule is CNC(=O)C1CCN(C(=O)C[C@@H](CN)CC(C)C)CC1. The average Bonchev–Trinajstić information content (AvgIpc) is 2.45. The van der Waals surface area contributed by atoms with Gasteiger partial charge in [-0.1, -0.05) is 13.8 Å². The van der Waals surface area contributed by atoms with Crippen LogP contribution in [0, 0.1) is 17.8 Å². The standard InChI is InChI=1S/C15H29N3O2/c1-11(2)8-12(10-16)9-14(19)18-6-4-13(5-7-18)15(20)17-3/h11-13H,4-10,16H2,1-3H3,(H,17,20)/t12-/m0/s1. The highest BCUT2D eigenvalue weighted by molar-refractivity contribution is 5.80. The normalized spacial score (nSPS) is 18.1. The van der Waals surface area contributed by atoms with E-state index in [0.717, 1.165) is 19.3 Å². The molecule has 0 aromatic heterocycles. The van der Waals surface area contributed by atoms with Gasteiger partial charge in [-0.2, -0.15) is 0 Å². The zero-order valence-corrected chi connectivity index (χ0v) is 13.0. The summed E-state index contributed by atoms with van der Waals surface area (Å²) in [5, 5.41) is 2.68. The van der Waals surface area contributed by atoms with E-state index in [2.05, 4.69) is 19.2 Å². The number of hydrogen-bond donors (Lipinski definition) is 2. The van der Waals surface area contributed by atoms with Crippen molar-refractivity contribution in [3.63, 3.8) is 0 Å². The van der Waals surface area contributed by atoms with Gasteiger partial charge in [-0.15, -0.1) is 0 Å². The van der Waals surface area contributed by atoms with Crippen molar-refractivity contribution in [2.45, 2.75) is 39.5 Å². The van der Waals surface area contributed by atoms with Gasteiger partial charge in [-0.25, -0.2) is 0 Å². The Labute approximate surface area is 122 Å². The largest absolute Gasteiger partial charge is 0.359 e. The van der Waals surface area contributed by atoms with Crippen LogP contribution in [0.3, 0.4) is 0 Å². The zero-order valence-electron chi connectivity index (χ0n) is 13.0. The van der Waals surface area contributed by atoms with Crippen molar-refractivity contribution < 1.29 is 9.59 Å². The Balaban J connectivity index is 2.40. The summed E-state index contributed by atoms with van der Waals surface area (Å²) in [5.41, 5.74) is 5.76. The fraction of sp³-hybridized carbons (Fsp3) is 0.867. The molecule has 1 heterocycles. The van der Waals surface area contributed by atoms with Crippen molar-refractivity contribution in [2.24, 2.45) is 23.5 Å². The summed E-state index contributed by atoms with van der Waals surface area (Å²) < 4.78 is 0. The van der Waals surface area contributed by atoms with Gasteiger partial charge in [0.15, 0.2) is 0 Å². The Kier molecular flexibility index (Phi) is 6.99. The molecule has 1 rings (SSSR count). The van der Waals surface area contributed by atoms with Gasteiger partial charge < -0.3 is 16.0 Å². The number of nitrogens with zero attached hydrogens (tertiary/aromatic N) is 1. The van der Waals surface area contributed by atoms with Crippen LogP contribution in [-0.4, -0.2) is 43.4 Å². The highest BCUT2D eigenvalue weighted by Crippen LogP contribution is 2.20. The van der Waals surface area contributed by atoms with Gasteiger partial charge >= 0.3 is 0 Å². The molecule has 5 heteroatoms. The second-order valence-corrected chi connectivity index (χ2v) is 6.20. The molecule has 0 bridgehead atoms. The van der Waals surface area contributed by atoms with Gasteiger partial charge in [0.2, 0.25) is 11.8 Å². The highest BCUT2D eigenvalue weighted by Gasteiger charge is 2.27. The van der Waals surface area contributed by atoms with Crippen molar-refractivity contribution >= 4 is 11.8 Å². The molecule has 0 aromatic rings. The molecule has 0 aromatic carbocycles. The molecule has 0 radical (unpaired) electrons. The number of nitrogens with one attached hydrogen (secondary N) is 1. The molecule has 0 unspecified atom stereocenters. The molecule has 1 fully saturated rings. The van der Waals surface area contributed by atoms with E-state index >= 15 is 0 Å². The molecule has 0 spiro atoms. The first kappa shape index (κ1) is 17.0. The molecule has 0 aliphatic carbocycles. The van der Waals surface area contributed by atoms with E-state index in [4.69, 9.17) is 5.73 Å². The fourth-order valence-corrected chi connectivity index (χ4v) is 2.90. The van der Waals surface area contributed by atoms with Crippen LogP contribution in [0.25, 0.3) is 0 Å². The van der Waals surface area contributed by atoms with E-state index in [-0.39, 0.29) is 23.7 Å². The molecular formula is C15H29N3O2. The van der Waals surface area contributed by atoms with Crippen LogP contribution in [0.15, 0.2) is 0 Å². The Hall–Kier alpha value is -1.10. The third kappa shape index (κ3) is 5.12. The summed E-state index contributed by atoms with van der Waals surface area (Å²) in [6.07, 6.45) is 3.07. The van der Waals surface area contributed by atoms with Crippen LogP contribution in [0.2, 0.25) is 0 Å². The molecule has 20 heavy (non-hydrogen) atoms. The van der Waals surface area contributed by atoms with Crippen LogP contribution in [-0.2, 0) is 9.59 Å². The number of carbonyl (C=O) groups is 2. The predicted molar refractivity (Wildman–Crippen MR) is 80.0 cm³/mol. The van der Waals surface area contributed by atoms with Gasteiger partial charge in [-0.3, -0.25) is 9.59 Å². The van der Waals surface area contributed by atoms with Crippen LogP contribution < -0.4 is 11.1 Å². The minimum Gasteiger partial charge on any atom is -0.359 e. The number of piperidine rings is 1. The first-order valence-electron chi connectivity index (χ1n) is 7.67. The Morgan fingerprint density at radius 1 is 1.30 bits per heavy atom. The lowest BCUT2D eigenvalue weighted by Crippen LogP contribution is -2.43. The molecule has 1 aliphatic rings. The molecule has 0 saturated carbocycles. The Morgan fingerprint density at radius 3 is 2.35 bits per heavy atom. The summed E-state index contributed by atoms with van der Waals surface area (Å²) in [6, 6.07) is 0. The van der Waals surface area contributed by atoms with Gasteiger partial charge in [0.1, 0.15) is 0 Å². The van der Waals surface area contributed by atoms with E-state index in [1.807, 2.05) is 4.90 Å². The van der Waals surface area contributed by atoms with Crippen LogP contribution in [0.1, 0.15) is 39.5 Å². The van der Waals surface area contributed by atoms with E-state index in [1.54, 1.807) is 7.05 Å². The topological polar surface area (TPSA) is 75.4 Å². The van der Waals surface area contributed by atoms with E-state index in [9.17, 15) is 9.59 Å². The molecule has 2 amide bonds.